The predicted molar refractivity (Wildman–Crippen MR) is 252 cm³/mol. The van der Waals surface area contributed by atoms with Gasteiger partial charge in [-0.25, -0.2) is 0 Å². The van der Waals surface area contributed by atoms with E-state index in [1.54, 1.807) is 144 Å². The molecule has 0 aromatic rings. The molecule has 8 atom stereocenters. The molecule has 0 spiro atoms. The molecular formula is C51H80N2O17. The van der Waals surface area contributed by atoms with Crippen LogP contribution < -0.4 is 5.73 Å². The third kappa shape index (κ3) is 15.7. The normalized spacial score (nSPS) is 24.5. The molecule has 3 aliphatic heterocycles. The van der Waals surface area contributed by atoms with Crippen LogP contribution in [0.2, 0.25) is 0 Å². The highest BCUT2D eigenvalue weighted by Gasteiger charge is 2.56. The Hall–Kier alpha value is -5.04. The van der Waals surface area contributed by atoms with Gasteiger partial charge in [0.2, 0.25) is 18.3 Å². The van der Waals surface area contributed by atoms with Crippen molar-refractivity contribution in [3.63, 3.8) is 0 Å². The number of primary amides is 1. The third-order valence-electron chi connectivity index (χ3n) is 11.6. The van der Waals surface area contributed by atoms with Crippen molar-refractivity contribution in [3.8, 4) is 0 Å². The van der Waals surface area contributed by atoms with Crippen LogP contribution in [0.5, 0.6) is 0 Å². The van der Waals surface area contributed by atoms with Crippen molar-refractivity contribution in [2.75, 3.05) is 13.2 Å². The standard InChI is InChI=1S/C51H80N2O17/c1-45(2,3)38(55)62-26-29-31(33(68-40(57)47(7,8)9)36(64-29)53-24-20-21-28(25-53)35(52)54)67-44(61)51(18,19)23-22-50(16,17)43(60)63-27-30-32(66-39(56)46(4,5)6)34(69-41(58)48(10,11)12)37(65-30)70-42(59)49(13,14)15/h20,24-25,29-34,36-37H,21-23,26-27H2,1-19H3,(H2,52,54)/t29?,30?,31-,32-,33-,34-,36-,37?/m1/s1. The zero-order chi connectivity index (χ0) is 53.9. The molecule has 0 aliphatic carbocycles. The maximum Gasteiger partial charge on any atom is 0.313 e. The summed E-state index contributed by atoms with van der Waals surface area (Å²) >= 11 is 0. The molecule has 2 fully saturated rings. The summed E-state index contributed by atoms with van der Waals surface area (Å²) in [5.74, 6) is -5.43. The number of carbonyl (C=O) groups is 8. The van der Waals surface area contributed by atoms with E-state index in [0.29, 0.717) is 0 Å². The number of allylic oxidation sites excluding steroid dienone is 1. The monoisotopic (exact) mass is 993 g/mol. The minimum Gasteiger partial charge on any atom is -0.462 e. The van der Waals surface area contributed by atoms with E-state index in [1.807, 2.05) is 0 Å². The van der Waals surface area contributed by atoms with Gasteiger partial charge in [-0.2, -0.15) is 0 Å². The lowest BCUT2D eigenvalue weighted by atomic mass is 9.79. The third-order valence-corrected chi connectivity index (χ3v) is 11.6. The summed E-state index contributed by atoms with van der Waals surface area (Å²) in [5, 5.41) is 0. The van der Waals surface area contributed by atoms with E-state index in [0.717, 1.165) is 0 Å². The quantitative estimate of drug-likeness (QED) is 0.130. The molecule has 396 valence electrons. The summed E-state index contributed by atoms with van der Waals surface area (Å²) in [7, 11) is 0. The van der Waals surface area contributed by atoms with Gasteiger partial charge in [0.1, 0.15) is 25.4 Å². The first kappa shape index (κ1) is 59.3. The molecular weight excluding hydrogens is 913 g/mol. The lowest BCUT2D eigenvalue weighted by molar-refractivity contribution is -0.208. The van der Waals surface area contributed by atoms with Crippen LogP contribution in [0.3, 0.4) is 0 Å². The van der Waals surface area contributed by atoms with Crippen molar-refractivity contribution in [2.24, 2.45) is 43.6 Å². The van der Waals surface area contributed by atoms with Crippen LogP contribution in [0.4, 0.5) is 0 Å². The van der Waals surface area contributed by atoms with E-state index >= 15 is 0 Å². The van der Waals surface area contributed by atoms with Crippen molar-refractivity contribution in [2.45, 2.75) is 200 Å². The number of nitrogens with zero attached hydrogens (tertiary/aromatic N) is 1. The number of nitrogens with two attached hydrogens (primary N) is 1. The van der Waals surface area contributed by atoms with Crippen LogP contribution in [-0.4, -0.2) is 115 Å². The lowest BCUT2D eigenvalue weighted by Crippen LogP contribution is -2.48. The predicted octanol–water partition coefficient (Wildman–Crippen LogP) is 6.36. The number of hydrogen-bond acceptors (Lipinski definition) is 18. The molecule has 3 unspecified atom stereocenters. The summed E-state index contributed by atoms with van der Waals surface area (Å²) in [5.41, 5.74) is -1.65. The molecule has 1 amide bonds. The van der Waals surface area contributed by atoms with Gasteiger partial charge in [-0.3, -0.25) is 38.4 Å². The fraction of sp³-hybridized carbons (Fsp3) is 0.765. The molecule has 2 saturated heterocycles. The van der Waals surface area contributed by atoms with E-state index in [4.69, 9.17) is 48.4 Å². The molecule has 0 radical (unpaired) electrons. The number of amides is 1. The maximum atomic E-state index is 14.4. The zero-order valence-corrected chi connectivity index (χ0v) is 44.9. The Morgan fingerprint density at radius 2 is 0.871 bits per heavy atom. The zero-order valence-electron chi connectivity index (χ0n) is 44.9. The van der Waals surface area contributed by atoms with Crippen molar-refractivity contribution in [3.05, 3.63) is 24.0 Å². The van der Waals surface area contributed by atoms with Crippen LogP contribution in [0.15, 0.2) is 24.0 Å². The number of hydrogen-bond donors (Lipinski definition) is 1. The average Bonchev–Trinajstić information content (AvgIpc) is 3.71. The van der Waals surface area contributed by atoms with Gasteiger partial charge in [0.05, 0.1) is 37.9 Å². The van der Waals surface area contributed by atoms with Crippen molar-refractivity contribution in [1.82, 2.24) is 4.90 Å². The van der Waals surface area contributed by atoms with Gasteiger partial charge in [-0.1, -0.05) is 6.08 Å². The topological polar surface area (TPSA) is 249 Å². The number of carbonyl (C=O) groups excluding carboxylic acids is 8. The fourth-order valence-electron chi connectivity index (χ4n) is 6.46. The second-order valence-corrected chi connectivity index (χ2v) is 24.8. The second kappa shape index (κ2) is 21.8. The number of ether oxygens (including phenoxy) is 9. The Morgan fingerprint density at radius 1 is 0.500 bits per heavy atom. The van der Waals surface area contributed by atoms with Crippen molar-refractivity contribution in [1.29, 1.82) is 0 Å². The molecule has 3 aliphatic rings. The van der Waals surface area contributed by atoms with Crippen LogP contribution in [0.25, 0.3) is 0 Å². The Bertz CT molecular complexity index is 2040. The largest absolute Gasteiger partial charge is 0.462 e. The highest BCUT2D eigenvalue weighted by Crippen LogP contribution is 2.39. The summed E-state index contributed by atoms with van der Waals surface area (Å²) in [6.07, 6.45) is -5.42. The summed E-state index contributed by atoms with van der Waals surface area (Å²) < 4.78 is 53.6. The molecule has 0 bridgehead atoms. The van der Waals surface area contributed by atoms with E-state index in [-0.39, 0.29) is 24.8 Å². The molecule has 3 rings (SSSR count). The fourth-order valence-corrected chi connectivity index (χ4v) is 6.46. The minimum absolute atomic E-state index is 0.0576. The first-order valence-corrected chi connectivity index (χ1v) is 23.7. The average molecular weight is 993 g/mol. The molecule has 0 saturated carbocycles. The van der Waals surface area contributed by atoms with Gasteiger partial charge < -0.3 is 53.3 Å². The second-order valence-electron chi connectivity index (χ2n) is 24.8. The Balaban J connectivity index is 1.90. The molecule has 3 heterocycles. The smallest absolute Gasteiger partial charge is 0.313 e. The highest BCUT2D eigenvalue weighted by molar-refractivity contribution is 5.92. The summed E-state index contributed by atoms with van der Waals surface area (Å²) in [6.45, 7) is 30.1. The van der Waals surface area contributed by atoms with Gasteiger partial charge in [-0.15, -0.1) is 0 Å². The number of rotatable bonds is 16. The van der Waals surface area contributed by atoms with Gasteiger partial charge in [-0.05, 0) is 151 Å². The van der Waals surface area contributed by atoms with Crippen LogP contribution in [0.1, 0.15) is 151 Å². The molecule has 2 N–H and O–H groups in total. The van der Waals surface area contributed by atoms with Gasteiger partial charge >= 0.3 is 41.8 Å². The maximum absolute atomic E-state index is 14.4. The summed E-state index contributed by atoms with van der Waals surface area (Å²) in [6, 6.07) is 0. The van der Waals surface area contributed by atoms with Crippen molar-refractivity contribution < 1.29 is 81.0 Å². The van der Waals surface area contributed by atoms with E-state index < -0.39 is 148 Å². The van der Waals surface area contributed by atoms with E-state index in [2.05, 4.69) is 0 Å². The molecule has 70 heavy (non-hydrogen) atoms. The van der Waals surface area contributed by atoms with Gasteiger partial charge in [0, 0.05) is 18.0 Å². The highest BCUT2D eigenvalue weighted by atomic mass is 16.8. The van der Waals surface area contributed by atoms with Gasteiger partial charge in [0.15, 0.2) is 24.5 Å². The van der Waals surface area contributed by atoms with E-state index in [9.17, 15) is 38.4 Å². The Morgan fingerprint density at radius 3 is 1.33 bits per heavy atom. The van der Waals surface area contributed by atoms with Gasteiger partial charge in [0.25, 0.3) is 0 Å². The first-order chi connectivity index (χ1) is 31.6. The number of esters is 7. The van der Waals surface area contributed by atoms with Crippen LogP contribution in [0, 0.1) is 37.9 Å². The lowest BCUT2D eigenvalue weighted by Gasteiger charge is -2.34. The van der Waals surface area contributed by atoms with Crippen molar-refractivity contribution >= 4 is 47.7 Å². The molecule has 0 aromatic carbocycles. The van der Waals surface area contributed by atoms with E-state index in [1.165, 1.54) is 11.1 Å². The first-order valence-electron chi connectivity index (χ1n) is 23.7. The summed E-state index contributed by atoms with van der Waals surface area (Å²) in [4.78, 5) is 108. The molecule has 19 nitrogen and oxygen atoms in total. The molecule has 0 aromatic heterocycles. The minimum atomic E-state index is -1.53. The Labute approximate surface area is 413 Å². The van der Waals surface area contributed by atoms with Crippen LogP contribution >= 0.6 is 0 Å². The molecule has 19 heteroatoms. The SMILES string of the molecule is CC(C)(C)C(=O)OCC1O[C@@H](N2C=CCC(C(N)=O)=C2)[C@H](OC(=O)C(C)(C)C)[C@@H]1OC(=O)C(C)(C)CCC(C)(C)C(=O)OCC1OC(OC(=O)C(C)(C)C)[C@H](OC(=O)C(C)(C)C)[C@@H]1OC(=O)C(C)(C)C. The van der Waals surface area contributed by atoms with Crippen LogP contribution in [-0.2, 0) is 81.0 Å². The Kier molecular flexibility index (Phi) is 18.4.